The number of carbonyl (C=O) groups excluding carboxylic acids is 2. The fourth-order valence-corrected chi connectivity index (χ4v) is 3.63. The van der Waals surface area contributed by atoms with Gasteiger partial charge in [0.2, 0.25) is 0 Å². The summed E-state index contributed by atoms with van der Waals surface area (Å²) < 4.78 is 12.3. The van der Waals surface area contributed by atoms with Gasteiger partial charge in [-0.25, -0.2) is 9.48 Å². The van der Waals surface area contributed by atoms with Crippen LogP contribution in [-0.4, -0.2) is 58.5 Å². The number of hydrogen-bond donors (Lipinski definition) is 1. The maximum absolute atomic E-state index is 12.7. The predicted molar refractivity (Wildman–Crippen MR) is 118 cm³/mol. The molecule has 31 heavy (non-hydrogen) atoms. The summed E-state index contributed by atoms with van der Waals surface area (Å²) in [5.41, 5.74) is 0.669. The number of rotatable bonds is 5. The zero-order valence-electron chi connectivity index (χ0n) is 18.9. The molecule has 1 saturated heterocycles. The van der Waals surface area contributed by atoms with Gasteiger partial charge in [0.1, 0.15) is 11.4 Å². The number of methoxy groups -OCH3 is 1. The maximum Gasteiger partial charge on any atom is 0.410 e. The Morgan fingerprint density at radius 1 is 1.19 bits per heavy atom. The van der Waals surface area contributed by atoms with Crippen LogP contribution in [0.3, 0.4) is 0 Å². The Bertz CT molecular complexity index is 901. The summed E-state index contributed by atoms with van der Waals surface area (Å²) in [5, 5.41) is 7.44. The normalized spacial score (nSPS) is 17.7. The van der Waals surface area contributed by atoms with Gasteiger partial charge >= 0.3 is 6.09 Å². The molecule has 0 aliphatic carbocycles. The Morgan fingerprint density at radius 2 is 1.90 bits per heavy atom. The van der Waals surface area contributed by atoms with Crippen LogP contribution in [0.4, 0.5) is 4.79 Å². The van der Waals surface area contributed by atoms with Crippen LogP contribution in [0, 0.1) is 5.92 Å². The molecule has 1 aliphatic heterocycles. The molecule has 168 valence electrons. The second-order valence-corrected chi connectivity index (χ2v) is 8.93. The SMILES string of the molecule is COc1ccc(-n2ccc(C(=O)N[C@H](C)[C@H]3CCCN(C(=O)OC(C)(C)C)C3)n2)cc1. The van der Waals surface area contributed by atoms with Gasteiger partial charge in [0.15, 0.2) is 5.69 Å². The Morgan fingerprint density at radius 3 is 2.55 bits per heavy atom. The van der Waals surface area contributed by atoms with Crippen LogP contribution in [0.25, 0.3) is 5.69 Å². The van der Waals surface area contributed by atoms with Crippen molar-refractivity contribution < 1.29 is 19.1 Å². The van der Waals surface area contributed by atoms with Gasteiger partial charge in [-0.15, -0.1) is 0 Å². The van der Waals surface area contributed by atoms with Crippen molar-refractivity contribution in [3.05, 3.63) is 42.2 Å². The number of hydrogen-bond acceptors (Lipinski definition) is 5. The number of nitrogens with zero attached hydrogens (tertiary/aromatic N) is 3. The Kier molecular flexibility index (Phi) is 6.87. The van der Waals surface area contributed by atoms with Gasteiger partial charge < -0.3 is 19.7 Å². The number of piperidine rings is 1. The van der Waals surface area contributed by atoms with E-state index in [1.54, 1.807) is 29.0 Å². The minimum Gasteiger partial charge on any atom is -0.497 e. The van der Waals surface area contributed by atoms with Gasteiger partial charge in [0, 0.05) is 25.3 Å². The average molecular weight is 429 g/mol. The highest BCUT2D eigenvalue weighted by atomic mass is 16.6. The van der Waals surface area contributed by atoms with E-state index in [2.05, 4.69) is 10.4 Å². The molecule has 2 aromatic rings. The van der Waals surface area contributed by atoms with Crippen molar-refractivity contribution in [3.63, 3.8) is 0 Å². The number of aromatic nitrogens is 2. The Balaban J connectivity index is 1.58. The molecule has 1 aliphatic rings. The van der Waals surface area contributed by atoms with Crippen LogP contribution in [0.15, 0.2) is 36.5 Å². The number of amides is 2. The first-order chi connectivity index (χ1) is 14.7. The molecule has 1 aromatic carbocycles. The van der Waals surface area contributed by atoms with E-state index in [1.807, 2.05) is 52.0 Å². The topological polar surface area (TPSA) is 85.7 Å². The fraction of sp³-hybridized carbons (Fsp3) is 0.522. The van der Waals surface area contributed by atoms with E-state index in [-0.39, 0.29) is 24.0 Å². The molecule has 8 heteroatoms. The first kappa shape index (κ1) is 22.7. The lowest BCUT2D eigenvalue weighted by atomic mass is 9.91. The molecule has 1 N–H and O–H groups in total. The fourth-order valence-electron chi connectivity index (χ4n) is 3.63. The highest BCUT2D eigenvalue weighted by Crippen LogP contribution is 2.22. The van der Waals surface area contributed by atoms with Crippen LogP contribution in [-0.2, 0) is 4.74 Å². The van der Waals surface area contributed by atoms with Crippen LogP contribution < -0.4 is 10.1 Å². The summed E-state index contributed by atoms with van der Waals surface area (Å²) in [7, 11) is 1.62. The molecule has 0 bridgehead atoms. The third-order valence-corrected chi connectivity index (χ3v) is 5.33. The van der Waals surface area contributed by atoms with E-state index < -0.39 is 5.60 Å². The Labute approximate surface area is 183 Å². The summed E-state index contributed by atoms with van der Waals surface area (Å²) in [4.78, 5) is 26.9. The van der Waals surface area contributed by atoms with Crippen molar-refractivity contribution in [2.75, 3.05) is 20.2 Å². The third-order valence-electron chi connectivity index (χ3n) is 5.33. The highest BCUT2D eigenvalue weighted by molar-refractivity contribution is 5.92. The molecule has 0 unspecified atom stereocenters. The molecule has 3 rings (SSSR count). The summed E-state index contributed by atoms with van der Waals surface area (Å²) >= 11 is 0. The van der Waals surface area contributed by atoms with E-state index in [1.165, 1.54) is 0 Å². The smallest absolute Gasteiger partial charge is 0.410 e. The molecule has 2 heterocycles. The summed E-state index contributed by atoms with van der Waals surface area (Å²) in [6.07, 6.45) is 3.29. The molecule has 2 atom stereocenters. The van der Waals surface area contributed by atoms with E-state index in [9.17, 15) is 9.59 Å². The van der Waals surface area contributed by atoms with E-state index in [0.29, 0.717) is 18.8 Å². The van der Waals surface area contributed by atoms with Gasteiger partial charge in [0.05, 0.1) is 12.8 Å². The monoisotopic (exact) mass is 428 g/mol. The quantitative estimate of drug-likeness (QED) is 0.786. The number of nitrogens with one attached hydrogen (secondary N) is 1. The third kappa shape index (κ3) is 5.99. The van der Waals surface area contributed by atoms with E-state index in [4.69, 9.17) is 9.47 Å². The van der Waals surface area contributed by atoms with Crippen LogP contribution in [0.1, 0.15) is 51.0 Å². The number of carbonyl (C=O) groups is 2. The largest absolute Gasteiger partial charge is 0.497 e. The standard InChI is InChI=1S/C23H32N4O4/c1-16(17-7-6-13-26(15-17)22(29)31-23(2,3)4)24-21(28)20-12-14-27(25-20)18-8-10-19(30-5)11-9-18/h8-12,14,16-17H,6-7,13,15H2,1-5H3,(H,24,28)/t16-,17+/m1/s1. The van der Waals surface area contributed by atoms with Crippen molar-refractivity contribution in [1.82, 2.24) is 20.0 Å². The van der Waals surface area contributed by atoms with Gasteiger partial charge in [0.25, 0.3) is 5.91 Å². The summed E-state index contributed by atoms with van der Waals surface area (Å²) in [6, 6.07) is 9.05. The number of likely N-dealkylation sites (tertiary alicyclic amines) is 1. The highest BCUT2D eigenvalue weighted by Gasteiger charge is 2.31. The zero-order chi connectivity index (χ0) is 22.6. The van der Waals surface area contributed by atoms with E-state index >= 15 is 0 Å². The summed E-state index contributed by atoms with van der Waals surface area (Å²) in [5.74, 6) is 0.693. The van der Waals surface area contributed by atoms with Crippen molar-refractivity contribution >= 4 is 12.0 Å². The first-order valence-corrected chi connectivity index (χ1v) is 10.6. The second-order valence-electron chi connectivity index (χ2n) is 8.93. The van der Waals surface area contributed by atoms with E-state index in [0.717, 1.165) is 24.3 Å². The van der Waals surface area contributed by atoms with Crippen molar-refractivity contribution in [3.8, 4) is 11.4 Å². The van der Waals surface area contributed by atoms with Gasteiger partial charge in [-0.1, -0.05) is 0 Å². The number of benzene rings is 1. The van der Waals surface area contributed by atoms with Crippen molar-refractivity contribution in [1.29, 1.82) is 0 Å². The molecule has 1 aromatic heterocycles. The summed E-state index contributed by atoms with van der Waals surface area (Å²) in [6.45, 7) is 8.80. The van der Waals surface area contributed by atoms with Crippen LogP contribution in [0.5, 0.6) is 5.75 Å². The Hall–Kier alpha value is -3.03. The maximum atomic E-state index is 12.7. The molecule has 1 fully saturated rings. The van der Waals surface area contributed by atoms with Crippen molar-refractivity contribution in [2.24, 2.45) is 5.92 Å². The first-order valence-electron chi connectivity index (χ1n) is 10.6. The second kappa shape index (κ2) is 9.41. The lowest BCUT2D eigenvalue weighted by Gasteiger charge is -2.36. The van der Waals surface area contributed by atoms with Crippen LogP contribution >= 0.6 is 0 Å². The lowest BCUT2D eigenvalue weighted by Crippen LogP contribution is -2.49. The van der Waals surface area contributed by atoms with Gasteiger partial charge in [-0.3, -0.25) is 4.79 Å². The molecule has 0 radical (unpaired) electrons. The molecule has 0 saturated carbocycles. The zero-order valence-corrected chi connectivity index (χ0v) is 18.9. The molecular formula is C23H32N4O4. The predicted octanol–water partition coefficient (Wildman–Crippen LogP) is 3.65. The molecule has 2 amide bonds. The van der Waals surface area contributed by atoms with Crippen molar-refractivity contribution in [2.45, 2.75) is 52.2 Å². The average Bonchev–Trinajstić information content (AvgIpc) is 3.23. The molecule has 8 nitrogen and oxygen atoms in total. The molecule has 0 spiro atoms. The minimum atomic E-state index is -0.521. The number of ether oxygens (including phenoxy) is 2. The van der Waals surface area contributed by atoms with Crippen LogP contribution in [0.2, 0.25) is 0 Å². The van der Waals surface area contributed by atoms with Gasteiger partial charge in [-0.05, 0) is 76.8 Å². The lowest BCUT2D eigenvalue weighted by molar-refractivity contribution is 0.0150. The van der Waals surface area contributed by atoms with Gasteiger partial charge in [-0.2, -0.15) is 5.10 Å². The minimum absolute atomic E-state index is 0.0936. The molecular weight excluding hydrogens is 396 g/mol.